The van der Waals surface area contributed by atoms with Crippen LogP contribution in [0.1, 0.15) is 11.1 Å². The number of aliphatic hydroxyl groups excluding tert-OH is 1. The molecule has 0 heterocycles. The summed E-state index contributed by atoms with van der Waals surface area (Å²) in [5.41, 5.74) is 1.68. The number of hydrogen-bond donors (Lipinski definition) is 1. The summed E-state index contributed by atoms with van der Waals surface area (Å²) in [5, 5.41) is 9.92. The summed E-state index contributed by atoms with van der Waals surface area (Å²) in [6.45, 7) is 0.0990. The molecule has 1 N–H and O–H groups in total. The minimum Gasteiger partial charge on any atom is -0.487 e. The Hall–Kier alpha value is -1.37. The average molecular weight is 342 g/mol. The normalized spacial score (nSPS) is 9.90. The first-order valence-corrected chi connectivity index (χ1v) is 7.20. The van der Waals surface area contributed by atoms with E-state index in [1.807, 2.05) is 24.3 Å². The summed E-state index contributed by atoms with van der Waals surface area (Å²) in [6.07, 6.45) is 0. The number of hydrogen-bond acceptors (Lipinski definition) is 2. The second kappa shape index (κ2) is 7.59. The van der Waals surface area contributed by atoms with Gasteiger partial charge in [-0.25, -0.2) is 0 Å². The summed E-state index contributed by atoms with van der Waals surface area (Å²) in [6, 6.07) is 10.6. The van der Waals surface area contributed by atoms with Crippen molar-refractivity contribution in [3.8, 4) is 17.6 Å². The fourth-order valence-electron chi connectivity index (χ4n) is 1.67. The molecule has 2 aromatic rings. The molecule has 0 radical (unpaired) electrons. The van der Waals surface area contributed by atoms with Crippen LogP contribution in [0.3, 0.4) is 0 Å². The SMILES string of the molecule is OCC#Cc1ccccc1COc1cc(Cl)c(Cl)cc1Cl. The van der Waals surface area contributed by atoms with Crippen molar-refractivity contribution < 1.29 is 9.84 Å². The van der Waals surface area contributed by atoms with Crippen molar-refractivity contribution in [2.75, 3.05) is 6.61 Å². The standard InChI is InChI=1S/C16H11Cl3O2/c17-13-8-15(19)16(9-14(13)18)21-10-12-5-2-1-4-11(12)6-3-7-20/h1-2,4-5,8-9,20H,7,10H2. The first-order chi connectivity index (χ1) is 10.1. The summed E-state index contributed by atoms with van der Waals surface area (Å²) >= 11 is 17.9. The first kappa shape index (κ1) is 16.0. The molecule has 2 rings (SSSR count). The molecule has 2 aromatic carbocycles. The largest absolute Gasteiger partial charge is 0.487 e. The van der Waals surface area contributed by atoms with E-state index in [4.69, 9.17) is 44.6 Å². The van der Waals surface area contributed by atoms with E-state index in [9.17, 15) is 0 Å². The van der Waals surface area contributed by atoms with Gasteiger partial charge in [-0.1, -0.05) is 64.8 Å². The molecule has 108 valence electrons. The minimum absolute atomic E-state index is 0.187. The fraction of sp³-hybridized carbons (Fsp3) is 0.125. The zero-order chi connectivity index (χ0) is 15.2. The van der Waals surface area contributed by atoms with Crippen LogP contribution in [-0.2, 0) is 6.61 Å². The van der Waals surface area contributed by atoms with E-state index < -0.39 is 0 Å². The van der Waals surface area contributed by atoms with E-state index in [1.54, 1.807) is 6.07 Å². The lowest BCUT2D eigenvalue weighted by Gasteiger charge is -2.10. The molecule has 0 saturated carbocycles. The molecular weight excluding hydrogens is 331 g/mol. The molecule has 0 spiro atoms. The highest BCUT2D eigenvalue weighted by molar-refractivity contribution is 6.43. The fourth-order valence-corrected chi connectivity index (χ4v) is 2.26. The van der Waals surface area contributed by atoms with Crippen LogP contribution in [0.25, 0.3) is 0 Å². The Balaban J connectivity index is 2.19. The van der Waals surface area contributed by atoms with E-state index in [-0.39, 0.29) is 13.2 Å². The molecule has 0 aliphatic rings. The Morgan fingerprint density at radius 3 is 2.48 bits per heavy atom. The van der Waals surface area contributed by atoms with E-state index in [0.717, 1.165) is 11.1 Å². The second-order valence-corrected chi connectivity index (χ2v) is 5.32. The highest BCUT2D eigenvalue weighted by Crippen LogP contribution is 2.34. The lowest BCUT2D eigenvalue weighted by molar-refractivity contribution is 0.306. The van der Waals surface area contributed by atoms with Gasteiger partial charge in [-0.3, -0.25) is 0 Å². The lowest BCUT2D eigenvalue weighted by atomic mass is 10.1. The van der Waals surface area contributed by atoms with Gasteiger partial charge in [-0.15, -0.1) is 0 Å². The maximum absolute atomic E-state index is 8.77. The molecular formula is C16H11Cl3O2. The highest BCUT2D eigenvalue weighted by atomic mass is 35.5. The van der Waals surface area contributed by atoms with Gasteiger partial charge < -0.3 is 9.84 Å². The molecule has 0 atom stereocenters. The van der Waals surface area contributed by atoms with Crippen LogP contribution >= 0.6 is 34.8 Å². The molecule has 0 aliphatic heterocycles. The third-order valence-corrected chi connectivity index (χ3v) is 3.69. The molecule has 0 aliphatic carbocycles. The molecule has 21 heavy (non-hydrogen) atoms. The highest BCUT2D eigenvalue weighted by Gasteiger charge is 2.08. The Bertz CT molecular complexity index is 702. The van der Waals surface area contributed by atoms with Gasteiger partial charge in [-0.05, 0) is 12.1 Å². The molecule has 0 unspecified atom stereocenters. The molecule has 2 nitrogen and oxygen atoms in total. The van der Waals surface area contributed by atoms with Gasteiger partial charge >= 0.3 is 0 Å². The maximum atomic E-state index is 8.77. The predicted octanol–water partition coefficient (Wildman–Crippen LogP) is 4.57. The van der Waals surface area contributed by atoms with Crippen molar-refractivity contribution in [3.05, 3.63) is 62.6 Å². The van der Waals surface area contributed by atoms with Gasteiger partial charge in [0.2, 0.25) is 0 Å². The third kappa shape index (κ3) is 4.30. The zero-order valence-electron chi connectivity index (χ0n) is 10.9. The topological polar surface area (TPSA) is 29.5 Å². The van der Waals surface area contributed by atoms with E-state index >= 15 is 0 Å². The van der Waals surface area contributed by atoms with Gasteiger partial charge in [0.25, 0.3) is 0 Å². The molecule has 0 saturated heterocycles. The van der Waals surface area contributed by atoms with Crippen LogP contribution < -0.4 is 4.74 Å². The Morgan fingerprint density at radius 1 is 1.00 bits per heavy atom. The Kier molecular flexibility index (Phi) is 5.78. The lowest BCUT2D eigenvalue weighted by Crippen LogP contribution is -1.99. The van der Waals surface area contributed by atoms with E-state index in [2.05, 4.69) is 11.8 Å². The van der Waals surface area contributed by atoms with E-state index in [0.29, 0.717) is 20.8 Å². The first-order valence-electron chi connectivity index (χ1n) is 6.07. The van der Waals surface area contributed by atoms with Gasteiger partial charge in [0.1, 0.15) is 19.0 Å². The van der Waals surface area contributed by atoms with Crippen LogP contribution in [0.2, 0.25) is 15.1 Å². The van der Waals surface area contributed by atoms with Crippen LogP contribution in [0.4, 0.5) is 0 Å². The number of benzene rings is 2. The maximum Gasteiger partial charge on any atom is 0.139 e. The summed E-state index contributed by atoms with van der Waals surface area (Å²) in [4.78, 5) is 0. The van der Waals surface area contributed by atoms with Crippen LogP contribution in [0.15, 0.2) is 36.4 Å². The van der Waals surface area contributed by atoms with Crippen LogP contribution in [0, 0.1) is 11.8 Å². The zero-order valence-corrected chi connectivity index (χ0v) is 13.1. The van der Waals surface area contributed by atoms with Crippen molar-refractivity contribution >= 4 is 34.8 Å². The van der Waals surface area contributed by atoms with Crippen LogP contribution in [-0.4, -0.2) is 11.7 Å². The van der Waals surface area contributed by atoms with Crippen molar-refractivity contribution in [1.29, 1.82) is 0 Å². The van der Waals surface area contributed by atoms with Gasteiger partial charge in [-0.2, -0.15) is 0 Å². The van der Waals surface area contributed by atoms with Crippen molar-refractivity contribution in [1.82, 2.24) is 0 Å². The van der Waals surface area contributed by atoms with Gasteiger partial charge in [0.15, 0.2) is 0 Å². The smallest absolute Gasteiger partial charge is 0.139 e. The number of ether oxygens (including phenoxy) is 1. The second-order valence-electron chi connectivity index (χ2n) is 4.10. The monoisotopic (exact) mass is 340 g/mol. The molecule has 5 heteroatoms. The van der Waals surface area contributed by atoms with E-state index in [1.165, 1.54) is 6.07 Å². The number of rotatable bonds is 3. The average Bonchev–Trinajstić information content (AvgIpc) is 2.48. The molecule has 0 bridgehead atoms. The number of halogens is 3. The summed E-state index contributed by atoms with van der Waals surface area (Å²) < 4.78 is 5.67. The van der Waals surface area contributed by atoms with Gasteiger partial charge in [0.05, 0.1) is 15.1 Å². The van der Waals surface area contributed by atoms with Crippen molar-refractivity contribution in [2.24, 2.45) is 0 Å². The van der Waals surface area contributed by atoms with Gasteiger partial charge in [0, 0.05) is 17.2 Å². The summed E-state index contributed by atoms with van der Waals surface area (Å²) in [5.74, 6) is 5.95. The van der Waals surface area contributed by atoms with Crippen LogP contribution in [0.5, 0.6) is 5.75 Å². The summed E-state index contributed by atoms with van der Waals surface area (Å²) in [7, 11) is 0. The Morgan fingerprint density at radius 2 is 1.71 bits per heavy atom. The molecule has 0 amide bonds. The quantitative estimate of drug-likeness (QED) is 0.654. The predicted molar refractivity (Wildman–Crippen MR) is 86.2 cm³/mol. The molecule has 0 aromatic heterocycles. The van der Waals surface area contributed by atoms with Crippen molar-refractivity contribution in [2.45, 2.75) is 6.61 Å². The minimum atomic E-state index is -0.187. The Labute approximate surface area is 138 Å². The number of aliphatic hydroxyl groups is 1. The third-order valence-electron chi connectivity index (χ3n) is 2.68. The molecule has 0 fully saturated rings. The van der Waals surface area contributed by atoms with Crippen molar-refractivity contribution in [3.63, 3.8) is 0 Å².